The number of carbonyl (C=O) groups is 1. The fourth-order valence-corrected chi connectivity index (χ4v) is 2.48. The van der Waals surface area contributed by atoms with E-state index in [1.807, 2.05) is 0 Å². The van der Waals surface area contributed by atoms with Gasteiger partial charge in [0.1, 0.15) is 11.8 Å². The summed E-state index contributed by atoms with van der Waals surface area (Å²) in [6, 6.07) is 3.23. The molecule has 1 amide bonds. The van der Waals surface area contributed by atoms with Gasteiger partial charge in [-0.15, -0.1) is 0 Å². The maximum Gasteiger partial charge on any atom is 0.315 e. The van der Waals surface area contributed by atoms with E-state index in [9.17, 15) is 35.5 Å². The van der Waals surface area contributed by atoms with Crippen molar-refractivity contribution in [1.29, 1.82) is 5.26 Å². The van der Waals surface area contributed by atoms with Gasteiger partial charge in [0.05, 0.1) is 4.92 Å². The zero-order chi connectivity index (χ0) is 17.9. The predicted molar refractivity (Wildman–Crippen MR) is 82.0 cm³/mol. The lowest BCUT2D eigenvalue weighted by Crippen LogP contribution is -2.36. The third-order valence-corrected chi connectivity index (χ3v) is 3.75. The zero-order valence-corrected chi connectivity index (χ0v) is 12.6. The molecule has 0 aromatic heterocycles. The second-order valence-corrected chi connectivity index (χ2v) is 5.31. The van der Waals surface area contributed by atoms with E-state index in [1.165, 1.54) is 4.90 Å². The van der Waals surface area contributed by atoms with Crippen molar-refractivity contribution in [2.45, 2.75) is 19.3 Å². The van der Waals surface area contributed by atoms with Crippen LogP contribution in [0.3, 0.4) is 0 Å². The number of nitro benzene ring substituents is 1. The summed E-state index contributed by atoms with van der Waals surface area (Å²) in [6.45, 7) is 0.913. The molecular formula is C15H15N3O6. The molecule has 9 heteroatoms. The first-order valence-corrected chi connectivity index (χ1v) is 7.20. The maximum absolute atomic E-state index is 12.4. The minimum Gasteiger partial charge on any atom is -0.506 e. The minimum absolute atomic E-state index is 0.307. The third kappa shape index (κ3) is 3.22. The number of carbonyl (C=O) groups excluding carboxylic acids is 1. The molecule has 1 saturated heterocycles. The molecule has 24 heavy (non-hydrogen) atoms. The van der Waals surface area contributed by atoms with E-state index in [2.05, 4.69) is 0 Å². The Hall–Kier alpha value is -3.28. The molecule has 0 aliphatic carbocycles. The summed E-state index contributed by atoms with van der Waals surface area (Å²) < 4.78 is 0. The molecule has 3 N–H and O–H groups in total. The standard InChI is InChI=1S/C15H15N3O6/c16-8-10(15(22)17-4-2-1-3-5-17)13(20)9-6-11(18(23)24)14(21)12(19)7-9/h6-7,19-21H,1-5H2. The van der Waals surface area contributed by atoms with E-state index in [-0.39, 0.29) is 5.56 Å². The van der Waals surface area contributed by atoms with Gasteiger partial charge in [-0.05, 0) is 25.3 Å². The van der Waals surface area contributed by atoms with Gasteiger partial charge in [0.25, 0.3) is 5.91 Å². The number of nitro groups is 1. The minimum atomic E-state index is -0.961. The number of piperidine rings is 1. The largest absolute Gasteiger partial charge is 0.506 e. The molecule has 1 aromatic rings. The molecule has 126 valence electrons. The third-order valence-electron chi connectivity index (χ3n) is 3.75. The Morgan fingerprint density at radius 2 is 1.88 bits per heavy atom. The number of amides is 1. The molecule has 0 unspecified atom stereocenters. The van der Waals surface area contributed by atoms with E-state index in [0.717, 1.165) is 31.4 Å². The van der Waals surface area contributed by atoms with Gasteiger partial charge in [0.2, 0.25) is 5.75 Å². The molecule has 9 nitrogen and oxygen atoms in total. The number of aliphatic hydroxyl groups is 1. The molecular weight excluding hydrogens is 318 g/mol. The summed E-state index contributed by atoms with van der Waals surface area (Å²) in [4.78, 5) is 23.7. The fourth-order valence-electron chi connectivity index (χ4n) is 2.48. The fraction of sp³-hybridized carbons (Fsp3) is 0.333. The predicted octanol–water partition coefficient (Wildman–Crippen LogP) is 1.81. The summed E-state index contributed by atoms with van der Waals surface area (Å²) in [5.41, 5.74) is -1.73. The van der Waals surface area contributed by atoms with E-state index in [1.54, 1.807) is 6.07 Å². The van der Waals surface area contributed by atoms with Gasteiger partial charge in [0, 0.05) is 24.7 Å². The normalized spacial score (nSPS) is 15.4. The van der Waals surface area contributed by atoms with Gasteiger partial charge in [-0.25, -0.2) is 0 Å². The highest BCUT2D eigenvalue weighted by molar-refractivity contribution is 6.03. The van der Waals surface area contributed by atoms with Crippen LogP contribution in [-0.2, 0) is 4.79 Å². The van der Waals surface area contributed by atoms with Crippen LogP contribution in [0.2, 0.25) is 0 Å². The number of rotatable bonds is 3. The number of benzene rings is 1. The van der Waals surface area contributed by atoms with E-state index in [4.69, 9.17) is 0 Å². The average molecular weight is 333 g/mol. The van der Waals surface area contributed by atoms with Crippen LogP contribution in [0.5, 0.6) is 11.5 Å². The van der Waals surface area contributed by atoms with Gasteiger partial charge in [-0.3, -0.25) is 14.9 Å². The lowest BCUT2D eigenvalue weighted by molar-refractivity contribution is -0.386. The molecule has 1 aliphatic heterocycles. The van der Waals surface area contributed by atoms with Crippen LogP contribution in [0.1, 0.15) is 24.8 Å². The Balaban J connectivity index is 2.48. The highest BCUT2D eigenvalue weighted by atomic mass is 16.6. The molecule has 0 radical (unpaired) electrons. The lowest BCUT2D eigenvalue weighted by Gasteiger charge is -2.26. The average Bonchev–Trinajstić information content (AvgIpc) is 2.58. The van der Waals surface area contributed by atoms with Crippen molar-refractivity contribution in [2.75, 3.05) is 13.1 Å². The van der Waals surface area contributed by atoms with Crippen LogP contribution in [-0.4, -0.2) is 44.1 Å². The van der Waals surface area contributed by atoms with E-state index in [0.29, 0.717) is 13.1 Å². The SMILES string of the molecule is N#CC(C(=O)N1CCCCC1)=C(O)c1cc(O)c(O)c([N+](=O)[O-])c1. The molecule has 1 aliphatic rings. The van der Waals surface area contributed by atoms with Gasteiger partial charge in [-0.1, -0.05) is 0 Å². The van der Waals surface area contributed by atoms with Crippen molar-refractivity contribution in [2.24, 2.45) is 0 Å². The molecule has 0 saturated carbocycles. The highest BCUT2D eigenvalue weighted by Crippen LogP contribution is 2.38. The number of hydrogen-bond acceptors (Lipinski definition) is 7. The quantitative estimate of drug-likeness (QED) is 0.191. The molecule has 1 fully saturated rings. The van der Waals surface area contributed by atoms with E-state index < -0.39 is 39.3 Å². The van der Waals surface area contributed by atoms with Gasteiger partial charge < -0.3 is 20.2 Å². The van der Waals surface area contributed by atoms with Crippen molar-refractivity contribution in [3.05, 3.63) is 33.4 Å². The summed E-state index contributed by atoms with van der Waals surface area (Å²) in [5.74, 6) is -3.26. The number of hydrogen-bond donors (Lipinski definition) is 3. The summed E-state index contributed by atoms with van der Waals surface area (Å²) in [5, 5.41) is 49.3. The second-order valence-electron chi connectivity index (χ2n) is 5.31. The smallest absolute Gasteiger partial charge is 0.315 e. The topological polar surface area (TPSA) is 148 Å². The van der Waals surface area contributed by atoms with Gasteiger partial charge in [-0.2, -0.15) is 5.26 Å². The zero-order valence-electron chi connectivity index (χ0n) is 12.6. The Morgan fingerprint density at radius 1 is 1.25 bits per heavy atom. The van der Waals surface area contributed by atoms with Crippen LogP contribution in [0.25, 0.3) is 5.76 Å². The van der Waals surface area contributed by atoms with Crippen LogP contribution >= 0.6 is 0 Å². The van der Waals surface area contributed by atoms with Crippen molar-refractivity contribution < 1.29 is 25.0 Å². The monoisotopic (exact) mass is 333 g/mol. The number of aliphatic hydroxyl groups excluding tert-OH is 1. The Bertz CT molecular complexity index is 759. The Kier molecular flexibility index (Phi) is 4.89. The van der Waals surface area contributed by atoms with Crippen molar-refractivity contribution in [1.82, 2.24) is 4.90 Å². The molecule has 1 aromatic carbocycles. The molecule has 1 heterocycles. The van der Waals surface area contributed by atoms with Crippen LogP contribution in [0, 0.1) is 21.4 Å². The van der Waals surface area contributed by atoms with Gasteiger partial charge >= 0.3 is 5.69 Å². The van der Waals surface area contributed by atoms with E-state index >= 15 is 0 Å². The molecule has 0 spiro atoms. The summed E-state index contributed by atoms with van der Waals surface area (Å²) in [7, 11) is 0. The first-order valence-electron chi connectivity index (χ1n) is 7.20. The summed E-state index contributed by atoms with van der Waals surface area (Å²) >= 11 is 0. The first kappa shape index (κ1) is 17.1. The number of phenols is 2. The van der Waals surface area contributed by atoms with Crippen LogP contribution < -0.4 is 0 Å². The van der Waals surface area contributed by atoms with Gasteiger partial charge in [0.15, 0.2) is 11.3 Å². The van der Waals surface area contributed by atoms with Crippen LogP contribution in [0.15, 0.2) is 17.7 Å². The van der Waals surface area contributed by atoms with Crippen molar-refractivity contribution in [3.8, 4) is 17.6 Å². The van der Waals surface area contributed by atoms with Crippen molar-refractivity contribution >= 4 is 17.4 Å². The van der Waals surface area contributed by atoms with Crippen molar-refractivity contribution in [3.63, 3.8) is 0 Å². The summed E-state index contributed by atoms with van der Waals surface area (Å²) in [6.07, 6.45) is 2.55. The Morgan fingerprint density at radius 3 is 2.42 bits per heavy atom. The number of likely N-dealkylation sites (tertiary alicyclic amines) is 1. The number of phenolic OH excluding ortho intramolecular Hbond substituents is 2. The van der Waals surface area contributed by atoms with Crippen LogP contribution in [0.4, 0.5) is 5.69 Å². The maximum atomic E-state index is 12.4. The molecule has 2 rings (SSSR count). The second kappa shape index (κ2) is 6.87. The lowest BCUT2D eigenvalue weighted by atomic mass is 10.0. The number of nitrogens with zero attached hydrogens (tertiary/aromatic N) is 3. The first-order chi connectivity index (χ1) is 11.4. The Labute approximate surface area is 136 Å². The molecule has 0 bridgehead atoms. The number of nitriles is 1. The number of aromatic hydroxyl groups is 2. The molecule has 0 atom stereocenters. The highest BCUT2D eigenvalue weighted by Gasteiger charge is 2.26.